The topological polar surface area (TPSA) is 99.9 Å². The maximum absolute atomic E-state index is 6.49. The smallest absolute Gasteiger partial charge is 0.160 e. The molecule has 1 fully saturated rings. The molecule has 0 bridgehead atoms. The number of hydrazine groups is 1. The van der Waals surface area contributed by atoms with Crippen molar-refractivity contribution in [3.05, 3.63) is 64.5 Å². The molecule has 1 saturated heterocycles. The number of halogens is 2. The first-order valence-corrected chi connectivity index (χ1v) is 12.2. The van der Waals surface area contributed by atoms with Gasteiger partial charge in [-0.25, -0.2) is 5.84 Å². The molecule has 34 heavy (non-hydrogen) atoms. The Morgan fingerprint density at radius 2 is 1.82 bits per heavy atom. The van der Waals surface area contributed by atoms with Gasteiger partial charge in [0.2, 0.25) is 0 Å². The Kier molecular flexibility index (Phi) is 8.05. The highest BCUT2D eigenvalue weighted by Gasteiger charge is 2.33. The zero-order valence-electron chi connectivity index (χ0n) is 19.2. The van der Waals surface area contributed by atoms with Crippen LogP contribution in [0, 0.1) is 0 Å². The third-order valence-corrected chi connectivity index (χ3v) is 6.78. The Bertz CT molecular complexity index is 1120. The summed E-state index contributed by atoms with van der Waals surface area (Å²) in [5.41, 5.74) is 2.82. The van der Waals surface area contributed by atoms with Gasteiger partial charge >= 0.3 is 0 Å². The van der Waals surface area contributed by atoms with Gasteiger partial charge in [0.1, 0.15) is 0 Å². The quantitative estimate of drug-likeness (QED) is 0.218. The molecule has 0 aliphatic carbocycles. The van der Waals surface area contributed by atoms with Gasteiger partial charge in [-0.1, -0.05) is 54.7 Å². The van der Waals surface area contributed by atoms with Crippen LogP contribution in [0.5, 0.6) is 0 Å². The van der Waals surface area contributed by atoms with E-state index in [0.717, 1.165) is 61.2 Å². The monoisotopic (exact) mass is 500 g/mol. The molecular weight excluding hydrogens is 471 g/mol. The Morgan fingerprint density at radius 3 is 2.50 bits per heavy atom. The van der Waals surface area contributed by atoms with Crippen LogP contribution in [0.1, 0.15) is 31.4 Å². The van der Waals surface area contributed by atoms with E-state index < -0.39 is 0 Å². The number of benzene rings is 1. The highest BCUT2D eigenvalue weighted by molar-refractivity contribution is 6.38. The third-order valence-electron chi connectivity index (χ3n) is 6.22. The summed E-state index contributed by atoms with van der Waals surface area (Å²) in [5.74, 6) is 13.1. The number of unbranched alkanes of at least 4 members (excludes halogenated alkanes) is 1. The molecule has 1 atom stereocenters. The van der Waals surface area contributed by atoms with E-state index in [9.17, 15) is 0 Å². The van der Waals surface area contributed by atoms with E-state index in [-0.39, 0.29) is 6.04 Å². The second-order valence-electron chi connectivity index (χ2n) is 8.33. The molecule has 0 radical (unpaired) electrons. The van der Waals surface area contributed by atoms with Crippen LogP contribution in [0.3, 0.4) is 0 Å². The molecule has 4 rings (SSSR count). The van der Waals surface area contributed by atoms with Gasteiger partial charge in [-0.05, 0) is 24.1 Å². The first-order chi connectivity index (χ1) is 16.5. The molecule has 8 nitrogen and oxygen atoms in total. The minimum atomic E-state index is -0.217. The van der Waals surface area contributed by atoms with Crippen LogP contribution in [0.2, 0.25) is 10.0 Å². The van der Waals surface area contributed by atoms with Gasteiger partial charge < -0.3 is 10.7 Å². The number of piperazine rings is 1. The zero-order valence-corrected chi connectivity index (χ0v) is 20.8. The Balaban J connectivity index is 1.68. The average Bonchev–Trinajstić information content (AvgIpc) is 2.86. The minimum Gasteiger partial charge on any atom is -0.366 e. The van der Waals surface area contributed by atoms with Crippen molar-refractivity contribution in [2.24, 2.45) is 16.8 Å². The van der Waals surface area contributed by atoms with Crippen molar-refractivity contribution in [2.45, 2.75) is 25.8 Å². The third kappa shape index (κ3) is 5.05. The SMILES string of the molecule is CCCCN(N)/C(=N\N)C(c1ccnc2ccccc12)N1CCN(c2c(Cl)cncc2Cl)CC1. The summed E-state index contributed by atoms with van der Waals surface area (Å²) >= 11 is 12.8. The second kappa shape index (κ2) is 11.2. The fraction of sp³-hybridized carbons (Fsp3) is 0.375. The van der Waals surface area contributed by atoms with Crippen molar-refractivity contribution in [3.8, 4) is 0 Å². The molecule has 1 aliphatic rings. The molecule has 0 spiro atoms. The van der Waals surface area contributed by atoms with Crippen molar-refractivity contribution >= 4 is 45.6 Å². The van der Waals surface area contributed by atoms with Crippen LogP contribution < -0.4 is 16.6 Å². The van der Waals surface area contributed by atoms with Gasteiger partial charge in [-0.3, -0.25) is 19.9 Å². The van der Waals surface area contributed by atoms with E-state index >= 15 is 0 Å². The maximum Gasteiger partial charge on any atom is 0.160 e. The van der Waals surface area contributed by atoms with Crippen LogP contribution >= 0.6 is 23.2 Å². The van der Waals surface area contributed by atoms with E-state index in [1.54, 1.807) is 17.4 Å². The summed E-state index contributed by atoms with van der Waals surface area (Å²) in [7, 11) is 0. The maximum atomic E-state index is 6.49. The summed E-state index contributed by atoms with van der Waals surface area (Å²) in [4.78, 5) is 13.2. The van der Waals surface area contributed by atoms with Gasteiger partial charge in [0, 0.05) is 56.7 Å². The summed E-state index contributed by atoms with van der Waals surface area (Å²) in [6.07, 6.45) is 7.06. The molecule has 0 amide bonds. The van der Waals surface area contributed by atoms with Gasteiger partial charge in [-0.15, -0.1) is 0 Å². The van der Waals surface area contributed by atoms with E-state index in [4.69, 9.17) is 34.9 Å². The number of pyridine rings is 2. The van der Waals surface area contributed by atoms with Crippen LogP contribution in [0.15, 0.2) is 54.0 Å². The Morgan fingerprint density at radius 1 is 1.12 bits per heavy atom. The summed E-state index contributed by atoms with van der Waals surface area (Å²) in [6.45, 7) is 5.78. The predicted octanol–water partition coefficient (Wildman–Crippen LogP) is 4.05. The largest absolute Gasteiger partial charge is 0.366 e. The van der Waals surface area contributed by atoms with Crippen molar-refractivity contribution in [2.75, 3.05) is 37.6 Å². The molecule has 0 saturated carbocycles. The number of fused-ring (bicyclic) bond motifs is 1. The lowest BCUT2D eigenvalue weighted by Gasteiger charge is -2.42. The number of aromatic nitrogens is 2. The van der Waals surface area contributed by atoms with E-state index in [1.807, 2.05) is 30.5 Å². The molecule has 180 valence electrons. The Hall–Kier alpha value is -2.65. The molecule has 2 aromatic heterocycles. The lowest BCUT2D eigenvalue weighted by molar-refractivity contribution is 0.215. The standard InChI is InChI=1S/C24H30Cl2N8/c1-2-3-10-34(28)24(31-27)22(18-8-9-30-21-7-5-4-6-17(18)21)32-11-13-33(14-12-32)23-19(25)15-29-16-20(23)26/h4-9,15-16,22H,2-3,10-14,27-28H2,1H3/b31-24-. The van der Waals surface area contributed by atoms with Crippen LogP contribution in [-0.2, 0) is 0 Å². The first kappa shape index (κ1) is 24.5. The van der Waals surface area contributed by atoms with E-state index in [1.165, 1.54) is 0 Å². The molecule has 1 aromatic carbocycles. The van der Waals surface area contributed by atoms with Crippen molar-refractivity contribution in [1.29, 1.82) is 0 Å². The normalized spacial score (nSPS) is 16.1. The number of rotatable bonds is 7. The van der Waals surface area contributed by atoms with E-state index in [2.05, 4.69) is 37.9 Å². The number of amidine groups is 1. The number of anilines is 1. The van der Waals surface area contributed by atoms with Gasteiger partial charge in [0.15, 0.2) is 5.84 Å². The molecule has 3 aromatic rings. The summed E-state index contributed by atoms with van der Waals surface area (Å²) < 4.78 is 0. The minimum absolute atomic E-state index is 0.217. The van der Waals surface area contributed by atoms with Gasteiger partial charge in [0.25, 0.3) is 0 Å². The fourth-order valence-electron chi connectivity index (χ4n) is 4.51. The summed E-state index contributed by atoms with van der Waals surface area (Å²) in [6, 6.07) is 9.92. The molecule has 1 unspecified atom stereocenters. The number of hydrogen-bond donors (Lipinski definition) is 2. The number of nitrogens with zero attached hydrogens (tertiary/aromatic N) is 6. The van der Waals surface area contributed by atoms with Crippen LogP contribution in [0.4, 0.5) is 5.69 Å². The molecule has 4 N–H and O–H groups in total. The van der Waals surface area contributed by atoms with Crippen LogP contribution in [-0.4, -0.2) is 58.4 Å². The second-order valence-corrected chi connectivity index (χ2v) is 9.14. The Labute approximate surface area is 210 Å². The highest BCUT2D eigenvalue weighted by atomic mass is 35.5. The number of para-hydroxylation sites is 1. The van der Waals surface area contributed by atoms with Gasteiger partial charge in [0.05, 0.1) is 27.3 Å². The predicted molar refractivity (Wildman–Crippen MR) is 140 cm³/mol. The molecular formula is C24H30Cl2N8. The van der Waals surface area contributed by atoms with Gasteiger partial charge in [-0.2, -0.15) is 5.10 Å². The lowest BCUT2D eigenvalue weighted by atomic mass is 9.98. The lowest BCUT2D eigenvalue weighted by Crippen LogP contribution is -2.53. The average molecular weight is 501 g/mol. The first-order valence-electron chi connectivity index (χ1n) is 11.5. The number of hydrogen-bond acceptors (Lipinski definition) is 7. The zero-order chi connectivity index (χ0) is 24.1. The fourth-order valence-corrected chi connectivity index (χ4v) is 5.11. The van der Waals surface area contributed by atoms with Crippen molar-refractivity contribution in [1.82, 2.24) is 19.9 Å². The molecule has 3 heterocycles. The number of hydrazone groups is 1. The molecule has 10 heteroatoms. The summed E-state index contributed by atoms with van der Waals surface area (Å²) in [5, 5.41) is 8.04. The van der Waals surface area contributed by atoms with Crippen molar-refractivity contribution < 1.29 is 0 Å². The van der Waals surface area contributed by atoms with Crippen molar-refractivity contribution in [3.63, 3.8) is 0 Å². The van der Waals surface area contributed by atoms with Crippen LogP contribution in [0.25, 0.3) is 10.9 Å². The molecule has 1 aliphatic heterocycles. The highest BCUT2D eigenvalue weighted by Crippen LogP contribution is 2.35. The number of nitrogens with two attached hydrogens (primary N) is 2. The van der Waals surface area contributed by atoms with E-state index in [0.29, 0.717) is 22.4 Å².